The normalized spacial score (nSPS) is 15.1. The molecular weight excluding hydrogens is 326 g/mol. The van der Waals surface area contributed by atoms with E-state index < -0.39 is 11.6 Å². The van der Waals surface area contributed by atoms with Crippen LogP contribution in [0.25, 0.3) is 16.8 Å². The number of hydrogen-bond donors (Lipinski definition) is 1. The Kier molecular flexibility index (Phi) is 3.80. The fourth-order valence-electron chi connectivity index (χ4n) is 3.24. The molecule has 25 heavy (non-hydrogen) atoms. The predicted octanol–water partition coefficient (Wildman–Crippen LogP) is 3.01. The third kappa shape index (κ3) is 2.60. The van der Waals surface area contributed by atoms with Gasteiger partial charge >= 0.3 is 0 Å². The molecule has 3 heterocycles. The number of rotatable bonds is 2. The van der Waals surface area contributed by atoms with Crippen LogP contribution in [0.5, 0.6) is 0 Å². The molecule has 0 atom stereocenters. The van der Waals surface area contributed by atoms with E-state index in [1.807, 2.05) is 22.9 Å². The van der Waals surface area contributed by atoms with Crippen molar-refractivity contribution in [3.63, 3.8) is 0 Å². The van der Waals surface area contributed by atoms with E-state index in [1.54, 1.807) is 13.1 Å². The van der Waals surface area contributed by atoms with Crippen molar-refractivity contribution in [2.24, 2.45) is 0 Å². The van der Waals surface area contributed by atoms with Crippen LogP contribution in [0.2, 0.25) is 0 Å². The Morgan fingerprint density at radius 2 is 1.92 bits per heavy atom. The second-order valence-electron chi connectivity index (χ2n) is 6.14. The monoisotopic (exact) mass is 344 g/mol. The Morgan fingerprint density at radius 1 is 1.16 bits per heavy atom. The summed E-state index contributed by atoms with van der Waals surface area (Å²) >= 11 is 0. The lowest BCUT2D eigenvalue weighted by Crippen LogP contribution is -2.36. The second-order valence-corrected chi connectivity index (χ2v) is 6.14. The lowest BCUT2D eigenvalue weighted by atomic mass is 9.99. The van der Waals surface area contributed by atoms with Gasteiger partial charge in [-0.25, -0.2) is 13.8 Å². The molecule has 1 saturated heterocycles. The lowest BCUT2D eigenvalue weighted by Gasteiger charge is -2.29. The quantitative estimate of drug-likeness (QED) is 0.726. The number of fused-ring (bicyclic) bond motifs is 1. The van der Waals surface area contributed by atoms with Crippen molar-refractivity contribution in [3.05, 3.63) is 47.9 Å². The third-order valence-electron chi connectivity index (χ3n) is 4.61. The SMILES string of the molecule is Cc1c(-c2cc(N3CCOCC3)c3nccn3c2)cc(N)c(F)c1F. The van der Waals surface area contributed by atoms with Gasteiger partial charge in [0, 0.05) is 37.2 Å². The molecule has 0 radical (unpaired) electrons. The highest BCUT2D eigenvalue weighted by molar-refractivity contribution is 5.79. The molecule has 2 aromatic heterocycles. The zero-order valence-corrected chi connectivity index (χ0v) is 13.8. The number of nitrogens with zero attached hydrogens (tertiary/aromatic N) is 3. The fourth-order valence-corrected chi connectivity index (χ4v) is 3.24. The number of nitrogen functional groups attached to an aromatic ring is 1. The van der Waals surface area contributed by atoms with Crippen molar-refractivity contribution in [1.29, 1.82) is 0 Å². The molecular formula is C18H18F2N4O. The zero-order chi connectivity index (χ0) is 17.6. The van der Waals surface area contributed by atoms with E-state index >= 15 is 0 Å². The highest BCUT2D eigenvalue weighted by Gasteiger charge is 2.19. The van der Waals surface area contributed by atoms with E-state index in [0.717, 1.165) is 30.0 Å². The van der Waals surface area contributed by atoms with Crippen molar-refractivity contribution in [2.75, 3.05) is 36.9 Å². The van der Waals surface area contributed by atoms with Crippen LogP contribution in [-0.4, -0.2) is 35.7 Å². The van der Waals surface area contributed by atoms with E-state index in [-0.39, 0.29) is 11.3 Å². The summed E-state index contributed by atoms with van der Waals surface area (Å²) in [6.07, 6.45) is 5.41. The fraction of sp³-hybridized carbons (Fsp3) is 0.278. The summed E-state index contributed by atoms with van der Waals surface area (Å²) in [4.78, 5) is 6.61. The van der Waals surface area contributed by atoms with Gasteiger partial charge in [0.15, 0.2) is 17.3 Å². The summed E-state index contributed by atoms with van der Waals surface area (Å²) in [7, 11) is 0. The maximum absolute atomic E-state index is 14.1. The van der Waals surface area contributed by atoms with Crippen LogP contribution in [0.15, 0.2) is 30.7 Å². The molecule has 0 unspecified atom stereocenters. The van der Waals surface area contributed by atoms with Crippen molar-refractivity contribution in [1.82, 2.24) is 9.38 Å². The molecule has 0 spiro atoms. The summed E-state index contributed by atoms with van der Waals surface area (Å²) in [6, 6.07) is 3.43. The van der Waals surface area contributed by atoms with Gasteiger partial charge < -0.3 is 19.8 Å². The van der Waals surface area contributed by atoms with Gasteiger partial charge in [-0.2, -0.15) is 0 Å². The molecule has 130 valence electrons. The van der Waals surface area contributed by atoms with E-state index in [9.17, 15) is 8.78 Å². The number of morpholine rings is 1. The topological polar surface area (TPSA) is 55.8 Å². The van der Waals surface area contributed by atoms with Crippen LogP contribution >= 0.6 is 0 Å². The van der Waals surface area contributed by atoms with Gasteiger partial charge in [0.2, 0.25) is 0 Å². The molecule has 1 aliphatic rings. The molecule has 1 aliphatic heterocycles. The van der Waals surface area contributed by atoms with E-state index in [0.29, 0.717) is 18.8 Å². The Labute approximate surface area is 143 Å². The summed E-state index contributed by atoms with van der Waals surface area (Å²) in [6.45, 7) is 4.36. The molecule has 0 bridgehead atoms. The number of hydrogen-bond acceptors (Lipinski definition) is 4. The smallest absolute Gasteiger partial charge is 0.181 e. The molecule has 2 N–H and O–H groups in total. The third-order valence-corrected chi connectivity index (χ3v) is 4.61. The number of nitrogens with two attached hydrogens (primary N) is 1. The van der Waals surface area contributed by atoms with Crippen molar-refractivity contribution >= 4 is 17.0 Å². The summed E-state index contributed by atoms with van der Waals surface area (Å²) in [5, 5.41) is 0. The van der Waals surface area contributed by atoms with E-state index in [4.69, 9.17) is 10.5 Å². The first-order valence-electron chi connectivity index (χ1n) is 8.10. The van der Waals surface area contributed by atoms with Crippen LogP contribution in [0.1, 0.15) is 5.56 Å². The standard InChI is InChI=1S/C18H18F2N4O/c1-11-13(9-14(21)17(20)16(11)19)12-8-15(23-4-6-25-7-5-23)18-22-2-3-24(18)10-12/h2-3,8-10H,4-7,21H2,1H3. The molecule has 4 rings (SSSR count). The van der Waals surface area contributed by atoms with Crippen LogP contribution in [0.3, 0.4) is 0 Å². The van der Waals surface area contributed by atoms with E-state index in [1.165, 1.54) is 6.07 Å². The minimum Gasteiger partial charge on any atom is -0.396 e. The number of pyridine rings is 1. The first-order chi connectivity index (χ1) is 12.1. The number of halogens is 2. The molecule has 3 aromatic rings. The average Bonchev–Trinajstić information content (AvgIpc) is 3.11. The van der Waals surface area contributed by atoms with Crippen molar-refractivity contribution in [3.8, 4) is 11.1 Å². The van der Waals surface area contributed by atoms with Crippen molar-refractivity contribution in [2.45, 2.75) is 6.92 Å². The Morgan fingerprint density at radius 3 is 2.68 bits per heavy atom. The maximum atomic E-state index is 14.1. The van der Waals surface area contributed by atoms with Crippen LogP contribution in [0.4, 0.5) is 20.2 Å². The first-order valence-corrected chi connectivity index (χ1v) is 8.10. The van der Waals surface area contributed by atoms with Gasteiger partial charge in [-0.1, -0.05) is 0 Å². The Bertz CT molecular complexity index is 948. The zero-order valence-electron chi connectivity index (χ0n) is 13.8. The molecule has 1 fully saturated rings. The molecule has 0 saturated carbocycles. The molecule has 0 amide bonds. The Hall–Kier alpha value is -2.67. The number of imidazole rings is 1. The average molecular weight is 344 g/mol. The summed E-state index contributed by atoms with van der Waals surface area (Å²) in [5.41, 5.74) is 8.76. The highest BCUT2D eigenvalue weighted by atomic mass is 19.2. The van der Waals surface area contributed by atoms with Crippen LogP contribution in [-0.2, 0) is 4.74 Å². The van der Waals surface area contributed by atoms with Crippen LogP contribution in [0, 0.1) is 18.6 Å². The number of anilines is 2. The molecule has 0 aliphatic carbocycles. The molecule has 5 nitrogen and oxygen atoms in total. The highest BCUT2D eigenvalue weighted by Crippen LogP contribution is 2.34. The van der Waals surface area contributed by atoms with Crippen LogP contribution < -0.4 is 10.6 Å². The maximum Gasteiger partial charge on any atom is 0.181 e. The first kappa shape index (κ1) is 15.8. The van der Waals surface area contributed by atoms with Gasteiger partial charge in [0.05, 0.1) is 24.6 Å². The van der Waals surface area contributed by atoms with Gasteiger partial charge in [0.1, 0.15) is 0 Å². The number of aromatic nitrogens is 2. The minimum atomic E-state index is -1.00. The lowest BCUT2D eigenvalue weighted by molar-refractivity contribution is 0.123. The Balaban J connectivity index is 1.91. The molecule has 1 aromatic carbocycles. The number of benzene rings is 1. The van der Waals surface area contributed by atoms with Gasteiger partial charge in [-0.15, -0.1) is 0 Å². The largest absolute Gasteiger partial charge is 0.396 e. The molecule has 7 heteroatoms. The van der Waals surface area contributed by atoms with Gasteiger partial charge in [0.25, 0.3) is 0 Å². The minimum absolute atomic E-state index is 0.197. The second kappa shape index (κ2) is 6.00. The summed E-state index contributed by atoms with van der Waals surface area (Å²) in [5.74, 6) is -1.91. The predicted molar refractivity (Wildman–Crippen MR) is 92.7 cm³/mol. The van der Waals surface area contributed by atoms with Crippen molar-refractivity contribution < 1.29 is 13.5 Å². The van der Waals surface area contributed by atoms with Gasteiger partial charge in [-0.3, -0.25) is 0 Å². The number of ether oxygens (including phenoxy) is 1. The van der Waals surface area contributed by atoms with Gasteiger partial charge in [-0.05, 0) is 30.2 Å². The summed E-state index contributed by atoms with van der Waals surface area (Å²) < 4.78 is 35.2. The van der Waals surface area contributed by atoms with E-state index in [2.05, 4.69) is 9.88 Å².